The average molecular weight is 304 g/mol. The summed E-state index contributed by atoms with van der Waals surface area (Å²) in [6.07, 6.45) is 0. The minimum atomic E-state index is -3.49. The fraction of sp³-hybridized carbons (Fsp3) is 0.300. The molecule has 86 valence electrons. The van der Waals surface area contributed by atoms with Crippen molar-refractivity contribution in [2.24, 2.45) is 5.92 Å². The molecule has 6 heteroatoms. The Morgan fingerprint density at radius 1 is 1.44 bits per heavy atom. The molecule has 0 saturated carbocycles. The van der Waals surface area contributed by atoms with Crippen molar-refractivity contribution in [3.63, 3.8) is 0 Å². The third-order valence-electron chi connectivity index (χ3n) is 2.40. The van der Waals surface area contributed by atoms with Crippen LogP contribution in [-0.4, -0.2) is 20.1 Å². The smallest absolute Gasteiger partial charge is 0.244 e. The van der Waals surface area contributed by atoms with E-state index in [9.17, 15) is 13.2 Å². The first-order valence-electron chi connectivity index (χ1n) is 4.74. The summed E-state index contributed by atoms with van der Waals surface area (Å²) in [4.78, 5) is 11.8. The van der Waals surface area contributed by atoms with Crippen molar-refractivity contribution < 1.29 is 13.2 Å². The Labute approximate surface area is 102 Å². The molecular formula is C10H10BrNO3S. The van der Waals surface area contributed by atoms with E-state index in [1.165, 1.54) is 0 Å². The molecule has 1 aliphatic rings. The predicted octanol–water partition coefficient (Wildman–Crippen LogP) is 1.76. The number of hydrogen-bond acceptors (Lipinski definition) is 3. The van der Waals surface area contributed by atoms with Gasteiger partial charge in [-0.3, -0.25) is 4.79 Å². The zero-order valence-electron chi connectivity index (χ0n) is 8.55. The molecule has 0 N–H and O–H groups in total. The third kappa shape index (κ3) is 1.87. The van der Waals surface area contributed by atoms with Crippen molar-refractivity contribution in [3.8, 4) is 0 Å². The highest BCUT2D eigenvalue weighted by atomic mass is 79.9. The van der Waals surface area contributed by atoms with Gasteiger partial charge in [-0.15, -0.1) is 0 Å². The van der Waals surface area contributed by atoms with E-state index in [0.29, 0.717) is 5.69 Å². The van der Waals surface area contributed by atoms with Crippen LogP contribution in [-0.2, 0) is 14.8 Å². The number of sulfonamides is 1. The van der Waals surface area contributed by atoms with Gasteiger partial charge >= 0.3 is 0 Å². The largest absolute Gasteiger partial charge is 0.273 e. The Morgan fingerprint density at radius 2 is 2.12 bits per heavy atom. The topological polar surface area (TPSA) is 54.5 Å². The van der Waals surface area contributed by atoms with Gasteiger partial charge in [-0.2, -0.15) is 0 Å². The number of carbonyl (C=O) groups excluding carboxylic acids is 1. The molecule has 4 nitrogen and oxygen atoms in total. The molecule has 1 atom stereocenters. The molecule has 1 aromatic rings. The summed E-state index contributed by atoms with van der Waals surface area (Å²) >= 11 is 3.25. The number of benzene rings is 1. The summed E-state index contributed by atoms with van der Waals surface area (Å²) in [7, 11) is -3.49. The molecule has 2 rings (SSSR count). The lowest BCUT2D eigenvalue weighted by Crippen LogP contribution is -2.30. The molecule has 0 radical (unpaired) electrons. The Morgan fingerprint density at radius 3 is 2.62 bits per heavy atom. The van der Waals surface area contributed by atoms with Gasteiger partial charge in [-0.25, -0.2) is 12.7 Å². The van der Waals surface area contributed by atoms with Gasteiger partial charge in [0.2, 0.25) is 15.9 Å². The maximum absolute atomic E-state index is 11.8. The molecule has 0 bridgehead atoms. The van der Waals surface area contributed by atoms with E-state index in [1.807, 2.05) is 0 Å². The number of carbonyl (C=O) groups is 1. The minimum Gasteiger partial charge on any atom is -0.273 e. The predicted molar refractivity (Wildman–Crippen MR) is 64.6 cm³/mol. The van der Waals surface area contributed by atoms with Crippen LogP contribution in [0.15, 0.2) is 28.7 Å². The molecule has 1 aliphatic heterocycles. The quantitative estimate of drug-likeness (QED) is 0.794. The number of nitrogens with zero attached hydrogens (tertiary/aromatic N) is 1. The van der Waals surface area contributed by atoms with Crippen LogP contribution in [0.5, 0.6) is 0 Å². The van der Waals surface area contributed by atoms with Crippen LogP contribution in [0.25, 0.3) is 0 Å². The van der Waals surface area contributed by atoms with Gasteiger partial charge < -0.3 is 0 Å². The Bertz CT molecular complexity index is 541. The molecular weight excluding hydrogens is 294 g/mol. The Kier molecular flexibility index (Phi) is 2.79. The van der Waals surface area contributed by atoms with Gasteiger partial charge in [0.05, 0.1) is 17.4 Å². The van der Waals surface area contributed by atoms with Gasteiger partial charge in [0, 0.05) is 4.47 Å². The van der Waals surface area contributed by atoms with Crippen LogP contribution in [0.2, 0.25) is 0 Å². The van der Waals surface area contributed by atoms with Gasteiger partial charge in [0.1, 0.15) is 0 Å². The van der Waals surface area contributed by atoms with Crippen molar-refractivity contribution in [1.82, 2.24) is 0 Å². The van der Waals surface area contributed by atoms with Crippen LogP contribution in [0.1, 0.15) is 6.92 Å². The van der Waals surface area contributed by atoms with Crippen LogP contribution in [0, 0.1) is 5.92 Å². The molecule has 1 fully saturated rings. The summed E-state index contributed by atoms with van der Waals surface area (Å²) in [5.41, 5.74) is 0.392. The maximum Gasteiger partial charge on any atom is 0.244 e. The molecule has 1 aromatic carbocycles. The molecule has 1 saturated heterocycles. The number of rotatable bonds is 1. The fourth-order valence-corrected chi connectivity index (χ4v) is 3.89. The Balaban J connectivity index is 2.52. The lowest BCUT2D eigenvalue weighted by molar-refractivity contribution is -0.119. The Hall–Kier alpha value is -0.880. The highest BCUT2D eigenvalue weighted by Gasteiger charge is 2.41. The second kappa shape index (κ2) is 3.85. The standard InChI is InChI=1S/C10H10BrNO3S/c1-7-6-16(14,15)12(10(7)13)9-4-2-3-8(11)5-9/h2-5,7H,6H2,1H3. The monoisotopic (exact) mass is 303 g/mol. The zero-order chi connectivity index (χ0) is 11.9. The summed E-state index contributed by atoms with van der Waals surface area (Å²) < 4.78 is 25.2. The number of hydrogen-bond donors (Lipinski definition) is 0. The minimum absolute atomic E-state index is 0.113. The summed E-state index contributed by atoms with van der Waals surface area (Å²) in [5.74, 6) is -0.944. The summed E-state index contributed by atoms with van der Waals surface area (Å²) in [5, 5.41) is 0. The van der Waals surface area contributed by atoms with Crippen LogP contribution >= 0.6 is 15.9 Å². The van der Waals surface area contributed by atoms with E-state index in [-0.39, 0.29) is 11.7 Å². The van der Waals surface area contributed by atoms with Gasteiger partial charge in [-0.05, 0) is 18.2 Å². The first-order chi connectivity index (χ1) is 7.42. The SMILES string of the molecule is CC1CS(=O)(=O)N(c2cccc(Br)c2)C1=O. The van der Waals surface area contributed by atoms with Crippen molar-refractivity contribution in [2.75, 3.05) is 10.1 Å². The van der Waals surface area contributed by atoms with Crippen molar-refractivity contribution in [3.05, 3.63) is 28.7 Å². The number of anilines is 1. The van der Waals surface area contributed by atoms with Gasteiger partial charge in [0.25, 0.3) is 0 Å². The van der Waals surface area contributed by atoms with Crippen molar-refractivity contribution in [1.29, 1.82) is 0 Å². The normalized spacial score (nSPS) is 23.8. The second-order valence-electron chi connectivity index (χ2n) is 3.76. The van der Waals surface area contributed by atoms with Gasteiger partial charge in [-0.1, -0.05) is 28.9 Å². The maximum atomic E-state index is 11.8. The van der Waals surface area contributed by atoms with E-state index >= 15 is 0 Å². The van der Waals surface area contributed by atoms with E-state index < -0.39 is 15.9 Å². The molecule has 0 aromatic heterocycles. The van der Waals surface area contributed by atoms with E-state index in [1.54, 1.807) is 31.2 Å². The first-order valence-corrected chi connectivity index (χ1v) is 7.14. The second-order valence-corrected chi connectivity index (χ2v) is 6.54. The molecule has 1 heterocycles. The summed E-state index contributed by atoms with van der Waals surface area (Å²) in [6.45, 7) is 1.62. The molecule has 0 spiro atoms. The molecule has 1 amide bonds. The molecule has 1 unspecified atom stereocenters. The number of amides is 1. The van der Waals surface area contributed by atoms with Gasteiger partial charge in [0.15, 0.2) is 0 Å². The zero-order valence-corrected chi connectivity index (χ0v) is 11.0. The van der Waals surface area contributed by atoms with Crippen LogP contribution in [0.4, 0.5) is 5.69 Å². The van der Waals surface area contributed by atoms with E-state index in [4.69, 9.17) is 0 Å². The fourth-order valence-electron chi connectivity index (χ4n) is 1.69. The van der Waals surface area contributed by atoms with Crippen LogP contribution in [0.3, 0.4) is 0 Å². The molecule has 0 aliphatic carbocycles. The summed E-state index contributed by atoms with van der Waals surface area (Å²) in [6, 6.07) is 6.71. The highest BCUT2D eigenvalue weighted by molar-refractivity contribution is 9.10. The van der Waals surface area contributed by atoms with Crippen molar-refractivity contribution in [2.45, 2.75) is 6.92 Å². The highest BCUT2D eigenvalue weighted by Crippen LogP contribution is 2.29. The van der Waals surface area contributed by atoms with E-state index in [0.717, 1.165) is 8.78 Å². The van der Waals surface area contributed by atoms with Crippen LogP contribution < -0.4 is 4.31 Å². The lowest BCUT2D eigenvalue weighted by Gasteiger charge is -2.15. The lowest BCUT2D eigenvalue weighted by atomic mass is 10.2. The first kappa shape index (κ1) is 11.6. The van der Waals surface area contributed by atoms with Crippen molar-refractivity contribution >= 4 is 37.5 Å². The average Bonchev–Trinajstić information content (AvgIpc) is 2.35. The third-order valence-corrected chi connectivity index (χ3v) is 4.76. The van der Waals surface area contributed by atoms with E-state index in [2.05, 4.69) is 15.9 Å². The number of halogens is 1. The molecule has 16 heavy (non-hydrogen) atoms.